The van der Waals surface area contributed by atoms with Crippen molar-refractivity contribution in [3.63, 3.8) is 0 Å². The van der Waals surface area contributed by atoms with Crippen LogP contribution in [0.5, 0.6) is 0 Å². The van der Waals surface area contributed by atoms with Crippen LogP contribution in [0, 0.1) is 13.8 Å². The molecule has 1 aromatic heterocycles. The Balaban J connectivity index is 2.35. The van der Waals surface area contributed by atoms with Crippen molar-refractivity contribution < 1.29 is 13.5 Å². The van der Waals surface area contributed by atoms with Gasteiger partial charge in [0.25, 0.3) is 0 Å². The van der Waals surface area contributed by atoms with Crippen LogP contribution in [0.25, 0.3) is 10.9 Å². The molecular formula is C17H16ClNO3S. The number of benzene rings is 2. The van der Waals surface area contributed by atoms with E-state index < -0.39 is 16.4 Å². The monoisotopic (exact) mass is 349 g/mol. The van der Waals surface area contributed by atoms with Crippen LogP contribution < -0.4 is 0 Å². The maximum Gasteiger partial charge on any atom is 0.209 e. The Morgan fingerprint density at radius 2 is 1.74 bits per heavy atom. The van der Waals surface area contributed by atoms with Gasteiger partial charge in [0.1, 0.15) is 4.90 Å². The van der Waals surface area contributed by atoms with Crippen molar-refractivity contribution in [3.8, 4) is 0 Å². The van der Waals surface area contributed by atoms with Gasteiger partial charge in [-0.25, -0.2) is 8.42 Å². The van der Waals surface area contributed by atoms with Crippen LogP contribution >= 0.6 is 11.6 Å². The highest BCUT2D eigenvalue weighted by atomic mass is 35.5. The Morgan fingerprint density at radius 1 is 1.09 bits per heavy atom. The second kappa shape index (κ2) is 5.67. The number of sulfone groups is 1. The van der Waals surface area contributed by atoms with Gasteiger partial charge in [-0.15, -0.1) is 0 Å². The largest absolute Gasteiger partial charge is 0.390 e. The highest BCUT2D eigenvalue weighted by Crippen LogP contribution is 2.34. The molecule has 0 aliphatic rings. The van der Waals surface area contributed by atoms with Gasteiger partial charge in [0.05, 0.1) is 17.2 Å². The molecule has 23 heavy (non-hydrogen) atoms. The van der Waals surface area contributed by atoms with E-state index in [0.29, 0.717) is 15.9 Å². The lowest BCUT2D eigenvalue weighted by atomic mass is 10.2. The van der Waals surface area contributed by atoms with Gasteiger partial charge in [0.15, 0.2) is 0 Å². The van der Waals surface area contributed by atoms with E-state index in [1.165, 1.54) is 0 Å². The molecule has 3 rings (SSSR count). The first kappa shape index (κ1) is 16.1. The second-order valence-corrected chi connectivity index (χ2v) is 7.93. The Morgan fingerprint density at radius 3 is 2.35 bits per heavy atom. The van der Waals surface area contributed by atoms with Crippen LogP contribution in [-0.2, 0) is 16.4 Å². The zero-order valence-corrected chi connectivity index (χ0v) is 14.3. The van der Waals surface area contributed by atoms with E-state index in [0.717, 1.165) is 11.1 Å². The molecule has 0 spiro atoms. The molecule has 0 fully saturated rings. The van der Waals surface area contributed by atoms with Gasteiger partial charge in [-0.2, -0.15) is 0 Å². The van der Waals surface area contributed by atoms with Crippen molar-refractivity contribution in [2.24, 2.45) is 0 Å². The van der Waals surface area contributed by atoms with Gasteiger partial charge >= 0.3 is 0 Å². The van der Waals surface area contributed by atoms with Crippen molar-refractivity contribution in [2.75, 3.05) is 0 Å². The maximum atomic E-state index is 13.1. The minimum Gasteiger partial charge on any atom is -0.390 e. The average Bonchev–Trinajstić information content (AvgIpc) is 2.84. The van der Waals surface area contributed by atoms with Crippen molar-refractivity contribution in [3.05, 3.63) is 58.2 Å². The topological polar surface area (TPSA) is 70.2 Å². The molecule has 0 bridgehead atoms. The third-order valence-electron chi connectivity index (χ3n) is 3.72. The smallest absolute Gasteiger partial charge is 0.209 e. The molecule has 0 aliphatic heterocycles. The van der Waals surface area contributed by atoms with E-state index in [4.69, 9.17) is 11.6 Å². The van der Waals surface area contributed by atoms with Gasteiger partial charge in [0.2, 0.25) is 9.84 Å². The minimum absolute atomic E-state index is 0.0856. The Bertz CT molecular complexity index is 986. The zero-order chi connectivity index (χ0) is 16.8. The number of halogens is 1. The molecule has 3 aromatic rings. The molecule has 0 atom stereocenters. The molecule has 0 aliphatic carbocycles. The number of hydrogen-bond acceptors (Lipinski definition) is 3. The molecule has 120 valence electrons. The number of hydrogen-bond donors (Lipinski definition) is 2. The molecule has 2 aromatic carbocycles. The first-order valence-electron chi connectivity index (χ1n) is 7.07. The minimum atomic E-state index is -3.78. The molecule has 2 N–H and O–H groups in total. The summed E-state index contributed by atoms with van der Waals surface area (Å²) >= 11 is 6.02. The Hall–Kier alpha value is -1.82. The number of aromatic nitrogens is 1. The predicted molar refractivity (Wildman–Crippen MR) is 90.6 cm³/mol. The highest BCUT2D eigenvalue weighted by molar-refractivity contribution is 7.91. The molecule has 0 saturated heterocycles. The summed E-state index contributed by atoms with van der Waals surface area (Å²) in [6.45, 7) is 3.31. The highest BCUT2D eigenvalue weighted by Gasteiger charge is 2.26. The standard InChI is InChI=1S/C17H16ClNO3S/c1-10-5-11(2)7-13(6-10)23(21,22)17-14-8-12(18)3-4-15(14)19-16(17)9-20/h3-8,19-20H,9H2,1-2H3. The molecule has 0 saturated carbocycles. The van der Waals surface area contributed by atoms with Crippen molar-refractivity contribution >= 4 is 32.3 Å². The Kier molecular flexibility index (Phi) is 3.96. The lowest BCUT2D eigenvalue weighted by Gasteiger charge is -2.08. The first-order valence-corrected chi connectivity index (χ1v) is 8.93. The number of aliphatic hydroxyl groups is 1. The van der Waals surface area contributed by atoms with Gasteiger partial charge in [-0.1, -0.05) is 17.7 Å². The molecule has 0 amide bonds. The van der Waals surface area contributed by atoms with Crippen LogP contribution in [0.2, 0.25) is 5.02 Å². The van der Waals surface area contributed by atoms with E-state index in [9.17, 15) is 13.5 Å². The summed E-state index contributed by atoms with van der Waals surface area (Å²) in [4.78, 5) is 3.26. The van der Waals surface area contributed by atoms with E-state index in [2.05, 4.69) is 4.98 Å². The number of fused-ring (bicyclic) bond motifs is 1. The number of aromatic amines is 1. The summed E-state index contributed by atoms with van der Waals surface area (Å²) in [5, 5.41) is 10.5. The quantitative estimate of drug-likeness (QED) is 0.756. The number of aryl methyl sites for hydroxylation is 2. The molecule has 0 unspecified atom stereocenters. The third-order valence-corrected chi connectivity index (χ3v) is 5.81. The number of rotatable bonds is 3. The zero-order valence-electron chi connectivity index (χ0n) is 12.7. The predicted octanol–water partition coefficient (Wildman–Crippen LogP) is 3.76. The van der Waals surface area contributed by atoms with E-state index in [-0.39, 0.29) is 15.5 Å². The molecule has 1 heterocycles. The Labute approximate surface area is 139 Å². The fourth-order valence-corrected chi connectivity index (χ4v) is 4.81. The maximum absolute atomic E-state index is 13.1. The van der Waals surface area contributed by atoms with E-state index in [1.807, 2.05) is 19.9 Å². The molecule has 4 nitrogen and oxygen atoms in total. The SMILES string of the molecule is Cc1cc(C)cc(S(=O)(=O)c2c(CO)[nH]c3ccc(Cl)cc23)c1. The summed E-state index contributed by atoms with van der Waals surface area (Å²) < 4.78 is 26.3. The van der Waals surface area contributed by atoms with Crippen molar-refractivity contribution in [1.82, 2.24) is 4.98 Å². The van der Waals surface area contributed by atoms with Crippen LogP contribution in [0.15, 0.2) is 46.2 Å². The second-order valence-electron chi connectivity index (χ2n) is 5.61. The van der Waals surface area contributed by atoms with Crippen LogP contribution in [0.3, 0.4) is 0 Å². The summed E-state index contributed by atoms with van der Waals surface area (Å²) in [5.74, 6) is 0. The number of H-pyrrole nitrogens is 1. The number of aliphatic hydroxyl groups excluding tert-OH is 1. The van der Waals surface area contributed by atoms with Gasteiger partial charge in [-0.3, -0.25) is 0 Å². The first-order chi connectivity index (χ1) is 10.8. The van der Waals surface area contributed by atoms with Crippen LogP contribution in [0.1, 0.15) is 16.8 Å². The van der Waals surface area contributed by atoms with Gasteiger partial charge in [-0.05, 0) is 55.3 Å². The van der Waals surface area contributed by atoms with Crippen LogP contribution in [-0.4, -0.2) is 18.5 Å². The van der Waals surface area contributed by atoms with E-state index >= 15 is 0 Å². The summed E-state index contributed by atoms with van der Waals surface area (Å²) in [6, 6.07) is 10.2. The fourth-order valence-electron chi connectivity index (χ4n) is 2.82. The molecular weight excluding hydrogens is 334 g/mol. The summed E-state index contributed by atoms with van der Waals surface area (Å²) in [5.41, 5.74) is 2.63. The van der Waals surface area contributed by atoms with Gasteiger partial charge in [0, 0.05) is 15.9 Å². The van der Waals surface area contributed by atoms with E-state index in [1.54, 1.807) is 30.3 Å². The van der Waals surface area contributed by atoms with Gasteiger partial charge < -0.3 is 10.1 Å². The fraction of sp³-hybridized carbons (Fsp3) is 0.176. The summed E-state index contributed by atoms with van der Waals surface area (Å²) in [6.07, 6.45) is 0. The van der Waals surface area contributed by atoms with Crippen LogP contribution in [0.4, 0.5) is 0 Å². The van der Waals surface area contributed by atoms with Crippen molar-refractivity contribution in [2.45, 2.75) is 30.2 Å². The normalized spacial score (nSPS) is 12.0. The number of nitrogens with one attached hydrogen (secondary N) is 1. The lowest BCUT2D eigenvalue weighted by molar-refractivity contribution is 0.274. The average molecular weight is 350 g/mol. The molecule has 0 radical (unpaired) electrons. The van der Waals surface area contributed by atoms with Crippen molar-refractivity contribution in [1.29, 1.82) is 0 Å². The lowest BCUT2D eigenvalue weighted by Crippen LogP contribution is -2.05. The third kappa shape index (κ3) is 2.76. The summed E-state index contributed by atoms with van der Waals surface area (Å²) in [7, 11) is -3.78. The molecule has 6 heteroatoms.